The summed E-state index contributed by atoms with van der Waals surface area (Å²) in [5, 5.41) is 18.4. The molecule has 0 saturated heterocycles. The molecule has 31 heavy (non-hydrogen) atoms. The number of carboxylic acids is 1. The first-order valence-electron chi connectivity index (χ1n) is 9.53. The Kier molecular flexibility index (Phi) is 5.75. The SMILES string of the molecule is N#Cc1cccc(C#Cc2c(COCc3ccccc3C(=O)O)nc3ccccn23)c1. The molecule has 2 heterocycles. The van der Waals surface area contributed by atoms with E-state index >= 15 is 0 Å². The van der Waals surface area contributed by atoms with E-state index in [1.54, 1.807) is 42.5 Å². The van der Waals surface area contributed by atoms with Crippen molar-refractivity contribution in [3.8, 4) is 17.9 Å². The zero-order chi connectivity index (χ0) is 21.6. The fourth-order valence-corrected chi connectivity index (χ4v) is 3.19. The van der Waals surface area contributed by atoms with Gasteiger partial charge in [-0.1, -0.05) is 36.3 Å². The van der Waals surface area contributed by atoms with Crippen molar-refractivity contribution in [1.82, 2.24) is 9.38 Å². The van der Waals surface area contributed by atoms with Crippen LogP contribution in [0.2, 0.25) is 0 Å². The first-order chi connectivity index (χ1) is 15.2. The molecule has 2 aromatic carbocycles. The minimum Gasteiger partial charge on any atom is -0.478 e. The average Bonchev–Trinajstić information content (AvgIpc) is 3.15. The normalized spacial score (nSPS) is 10.3. The van der Waals surface area contributed by atoms with Crippen molar-refractivity contribution >= 4 is 11.6 Å². The van der Waals surface area contributed by atoms with Crippen LogP contribution in [-0.4, -0.2) is 20.5 Å². The Morgan fingerprint density at radius 3 is 2.65 bits per heavy atom. The molecule has 0 spiro atoms. The summed E-state index contributed by atoms with van der Waals surface area (Å²) in [4.78, 5) is 16.0. The Balaban J connectivity index is 1.61. The summed E-state index contributed by atoms with van der Waals surface area (Å²) in [7, 11) is 0. The van der Waals surface area contributed by atoms with Crippen LogP contribution in [0, 0.1) is 23.2 Å². The van der Waals surface area contributed by atoms with Crippen LogP contribution in [0.1, 0.15) is 38.4 Å². The number of benzene rings is 2. The van der Waals surface area contributed by atoms with Gasteiger partial charge in [0, 0.05) is 11.8 Å². The molecule has 0 amide bonds. The number of rotatable bonds is 5. The van der Waals surface area contributed by atoms with E-state index in [1.807, 2.05) is 34.9 Å². The molecule has 0 fully saturated rings. The number of fused-ring (bicyclic) bond motifs is 1. The van der Waals surface area contributed by atoms with Crippen molar-refractivity contribution in [3.05, 3.63) is 107 Å². The molecule has 0 atom stereocenters. The molecule has 6 nitrogen and oxygen atoms in total. The molecule has 4 rings (SSSR count). The van der Waals surface area contributed by atoms with Crippen LogP contribution in [0.25, 0.3) is 5.65 Å². The lowest BCUT2D eigenvalue weighted by atomic mass is 10.1. The molecule has 0 aliphatic heterocycles. The second kappa shape index (κ2) is 8.96. The topological polar surface area (TPSA) is 87.6 Å². The number of imidazole rings is 1. The summed E-state index contributed by atoms with van der Waals surface area (Å²) in [6.45, 7) is 0.325. The molecular weight excluding hydrogens is 390 g/mol. The van der Waals surface area contributed by atoms with Gasteiger partial charge in [0.05, 0.1) is 30.4 Å². The maximum atomic E-state index is 11.4. The van der Waals surface area contributed by atoms with E-state index in [0.717, 1.165) is 11.2 Å². The van der Waals surface area contributed by atoms with Gasteiger partial charge in [-0.2, -0.15) is 5.26 Å². The van der Waals surface area contributed by atoms with Crippen LogP contribution < -0.4 is 0 Å². The van der Waals surface area contributed by atoms with Gasteiger partial charge >= 0.3 is 5.97 Å². The van der Waals surface area contributed by atoms with Crippen LogP contribution in [0.4, 0.5) is 0 Å². The number of hydrogen-bond donors (Lipinski definition) is 1. The van der Waals surface area contributed by atoms with E-state index in [0.29, 0.717) is 22.5 Å². The van der Waals surface area contributed by atoms with Gasteiger partial charge in [0.2, 0.25) is 0 Å². The molecule has 0 unspecified atom stereocenters. The molecule has 0 aliphatic carbocycles. The van der Waals surface area contributed by atoms with E-state index in [1.165, 1.54) is 0 Å². The lowest BCUT2D eigenvalue weighted by Crippen LogP contribution is -2.04. The number of carboxylic acid groups (broad SMARTS) is 1. The average molecular weight is 407 g/mol. The maximum Gasteiger partial charge on any atom is 0.336 e. The van der Waals surface area contributed by atoms with Crippen LogP contribution >= 0.6 is 0 Å². The van der Waals surface area contributed by atoms with Crippen molar-refractivity contribution in [2.45, 2.75) is 13.2 Å². The third kappa shape index (κ3) is 4.45. The highest BCUT2D eigenvalue weighted by Gasteiger charge is 2.12. The third-order valence-corrected chi connectivity index (χ3v) is 4.66. The van der Waals surface area contributed by atoms with Crippen molar-refractivity contribution in [2.24, 2.45) is 0 Å². The van der Waals surface area contributed by atoms with Crippen molar-refractivity contribution in [2.75, 3.05) is 0 Å². The van der Waals surface area contributed by atoms with Crippen LogP contribution in [0.5, 0.6) is 0 Å². The number of pyridine rings is 1. The lowest BCUT2D eigenvalue weighted by Gasteiger charge is -2.06. The van der Waals surface area contributed by atoms with Gasteiger partial charge in [-0.05, 0) is 47.9 Å². The molecule has 6 heteroatoms. The van der Waals surface area contributed by atoms with E-state index in [-0.39, 0.29) is 18.8 Å². The van der Waals surface area contributed by atoms with Crippen LogP contribution in [0.3, 0.4) is 0 Å². The quantitative estimate of drug-likeness (QED) is 0.505. The second-order valence-electron chi connectivity index (χ2n) is 6.73. The van der Waals surface area contributed by atoms with Crippen LogP contribution in [0.15, 0.2) is 72.9 Å². The molecule has 0 radical (unpaired) electrons. The van der Waals surface area contributed by atoms with Gasteiger partial charge in [-0.15, -0.1) is 0 Å². The highest BCUT2D eigenvalue weighted by Crippen LogP contribution is 2.16. The monoisotopic (exact) mass is 407 g/mol. The maximum absolute atomic E-state index is 11.4. The summed E-state index contributed by atoms with van der Waals surface area (Å²) >= 11 is 0. The summed E-state index contributed by atoms with van der Waals surface area (Å²) in [5.41, 5.74) is 4.17. The predicted octanol–water partition coefficient (Wildman–Crippen LogP) is 4.02. The zero-order valence-corrected chi connectivity index (χ0v) is 16.4. The predicted molar refractivity (Wildman–Crippen MR) is 114 cm³/mol. The van der Waals surface area contributed by atoms with Crippen LogP contribution in [-0.2, 0) is 18.0 Å². The molecule has 0 bridgehead atoms. The summed E-state index contributed by atoms with van der Waals surface area (Å²) in [6.07, 6.45) is 1.88. The van der Waals surface area contributed by atoms with Gasteiger partial charge < -0.3 is 9.84 Å². The Morgan fingerprint density at radius 2 is 1.81 bits per heavy atom. The zero-order valence-electron chi connectivity index (χ0n) is 16.4. The Morgan fingerprint density at radius 1 is 1.00 bits per heavy atom. The van der Waals surface area contributed by atoms with Gasteiger partial charge in [0.15, 0.2) is 0 Å². The Labute approximate surface area is 179 Å². The van der Waals surface area contributed by atoms with Gasteiger partial charge in [0.1, 0.15) is 17.0 Å². The molecule has 0 saturated carbocycles. The van der Waals surface area contributed by atoms with E-state index in [9.17, 15) is 9.90 Å². The standard InChI is InChI=1S/C25H17N3O3/c26-15-19-7-5-6-18(14-19)11-12-23-22(27-24-10-3-4-13-28(23)24)17-31-16-20-8-1-2-9-21(20)25(29)30/h1-10,13-14H,16-17H2,(H,29,30). The highest BCUT2D eigenvalue weighted by atomic mass is 16.5. The van der Waals surface area contributed by atoms with Crippen molar-refractivity contribution < 1.29 is 14.6 Å². The number of hydrogen-bond acceptors (Lipinski definition) is 4. The molecule has 150 valence electrons. The number of nitriles is 1. The summed E-state index contributed by atoms with van der Waals surface area (Å²) < 4.78 is 7.69. The smallest absolute Gasteiger partial charge is 0.336 e. The number of aromatic nitrogens is 2. The molecular formula is C25H17N3O3. The van der Waals surface area contributed by atoms with Gasteiger partial charge in [-0.25, -0.2) is 9.78 Å². The molecule has 2 aromatic heterocycles. The summed E-state index contributed by atoms with van der Waals surface area (Å²) in [6, 6.07) is 21.6. The molecule has 4 aromatic rings. The third-order valence-electron chi connectivity index (χ3n) is 4.66. The number of nitrogens with zero attached hydrogens (tertiary/aromatic N) is 3. The fourth-order valence-electron chi connectivity index (χ4n) is 3.19. The number of ether oxygens (including phenoxy) is 1. The minimum atomic E-state index is -0.988. The van der Waals surface area contributed by atoms with E-state index in [2.05, 4.69) is 22.9 Å². The van der Waals surface area contributed by atoms with Gasteiger partial charge in [0.25, 0.3) is 0 Å². The van der Waals surface area contributed by atoms with Gasteiger partial charge in [-0.3, -0.25) is 4.40 Å². The molecule has 1 N–H and O–H groups in total. The Hall–Kier alpha value is -4.39. The summed E-state index contributed by atoms with van der Waals surface area (Å²) in [5.74, 6) is 5.25. The number of aromatic carboxylic acids is 1. The first kappa shape index (κ1) is 19.9. The Bertz CT molecular complexity index is 1370. The second-order valence-corrected chi connectivity index (χ2v) is 6.73. The lowest BCUT2D eigenvalue weighted by molar-refractivity contribution is 0.0683. The van der Waals surface area contributed by atoms with E-state index in [4.69, 9.17) is 10.00 Å². The van der Waals surface area contributed by atoms with Crippen molar-refractivity contribution in [3.63, 3.8) is 0 Å². The fraction of sp³-hybridized carbons (Fsp3) is 0.0800. The first-order valence-corrected chi connectivity index (χ1v) is 9.53. The molecule has 0 aliphatic rings. The van der Waals surface area contributed by atoms with E-state index < -0.39 is 5.97 Å². The minimum absolute atomic E-state index is 0.146. The largest absolute Gasteiger partial charge is 0.478 e. The highest BCUT2D eigenvalue weighted by molar-refractivity contribution is 5.89. The number of carbonyl (C=O) groups is 1. The van der Waals surface area contributed by atoms with Crippen molar-refractivity contribution in [1.29, 1.82) is 5.26 Å².